The van der Waals surface area contributed by atoms with Crippen molar-refractivity contribution in [2.45, 2.75) is 11.3 Å². The van der Waals surface area contributed by atoms with Crippen LogP contribution in [0, 0.1) is 17.1 Å². The first-order chi connectivity index (χ1) is 10.8. The predicted molar refractivity (Wildman–Crippen MR) is 79.7 cm³/mol. The van der Waals surface area contributed by atoms with Gasteiger partial charge in [-0.3, -0.25) is 9.52 Å². The largest absolute Gasteiger partial charge is 0.481 e. The third-order valence-corrected chi connectivity index (χ3v) is 4.33. The first-order valence-corrected chi connectivity index (χ1v) is 7.83. The fourth-order valence-electron chi connectivity index (χ4n) is 1.85. The number of hydrogen-bond acceptors (Lipinski definition) is 4. The van der Waals surface area contributed by atoms with Gasteiger partial charge in [-0.25, -0.2) is 12.8 Å². The number of halogens is 1. The monoisotopic (exact) mass is 334 g/mol. The zero-order valence-corrected chi connectivity index (χ0v) is 12.5. The van der Waals surface area contributed by atoms with Crippen LogP contribution in [-0.4, -0.2) is 19.5 Å². The maximum absolute atomic E-state index is 13.2. The summed E-state index contributed by atoms with van der Waals surface area (Å²) in [4.78, 5) is 10.5. The average molecular weight is 334 g/mol. The summed E-state index contributed by atoms with van der Waals surface area (Å²) in [6.07, 6.45) is -0.211. The number of hydrogen-bond donors (Lipinski definition) is 2. The molecule has 0 aliphatic rings. The van der Waals surface area contributed by atoms with Gasteiger partial charge in [-0.15, -0.1) is 0 Å². The van der Waals surface area contributed by atoms with Crippen molar-refractivity contribution in [3.63, 3.8) is 0 Å². The van der Waals surface area contributed by atoms with E-state index in [2.05, 4.69) is 4.72 Å². The van der Waals surface area contributed by atoms with Gasteiger partial charge in [0.2, 0.25) is 0 Å². The summed E-state index contributed by atoms with van der Waals surface area (Å²) in [6.45, 7) is 0. The van der Waals surface area contributed by atoms with Gasteiger partial charge >= 0.3 is 5.97 Å². The summed E-state index contributed by atoms with van der Waals surface area (Å²) < 4.78 is 39.9. The minimum atomic E-state index is -3.93. The SMILES string of the molecule is N#Cc1cc(NS(=O)(=O)c2ccc(CC(=O)O)cc2)ccc1F. The summed E-state index contributed by atoms with van der Waals surface area (Å²) >= 11 is 0. The fourth-order valence-corrected chi connectivity index (χ4v) is 2.90. The summed E-state index contributed by atoms with van der Waals surface area (Å²) in [6, 6.07) is 10.2. The van der Waals surface area contributed by atoms with Crippen LogP contribution in [0.4, 0.5) is 10.1 Å². The Hall–Kier alpha value is -2.92. The fraction of sp³-hybridized carbons (Fsp3) is 0.0667. The Morgan fingerprint density at radius 1 is 1.22 bits per heavy atom. The van der Waals surface area contributed by atoms with Gasteiger partial charge in [0, 0.05) is 0 Å². The molecule has 0 heterocycles. The van der Waals surface area contributed by atoms with E-state index in [-0.39, 0.29) is 22.6 Å². The molecule has 0 aliphatic carbocycles. The number of aliphatic carboxylic acids is 1. The van der Waals surface area contributed by atoms with Gasteiger partial charge in [0.25, 0.3) is 10.0 Å². The lowest BCUT2D eigenvalue weighted by Crippen LogP contribution is -2.13. The Morgan fingerprint density at radius 2 is 1.87 bits per heavy atom. The normalized spacial score (nSPS) is 10.8. The molecule has 0 aromatic heterocycles. The molecule has 23 heavy (non-hydrogen) atoms. The molecule has 8 heteroatoms. The van der Waals surface area contributed by atoms with Crippen molar-refractivity contribution in [3.05, 3.63) is 59.4 Å². The van der Waals surface area contributed by atoms with E-state index >= 15 is 0 Å². The maximum Gasteiger partial charge on any atom is 0.307 e. The van der Waals surface area contributed by atoms with Gasteiger partial charge in [-0.05, 0) is 35.9 Å². The minimum Gasteiger partial charge on any atom is -0.481 e. The number of sulfonamides is 1. The molecular formula is C15H11FN2O4S. The third-order valence-electron chi connectivity index (χ3n) is 2.93. The number of benzene rings is 2. The Balaban J connectivity index is 2.25. The van der Waals surface area contributed by atoms with Gasteiger partial charge in [0.1, 0.15) is 11.9 Å². The number of nitrogens with one attached hydrogen (secondary N) is 1. The quantitative estimate of drug-likeness (QED) is 0.871. The van der Waals surface area contributed by atoms with E-state index in [1.807, 2.05) is 0 Å². The van der Waals surface area contributed by atoms with Crippen LogP contribution in [0.1, 0.15) is 11.1 Å². The Morgan fingerprint density at radius 3 is 2.43 bits per heavy atom. The van der Waals surface area contributed by atoms with Crippen LogP contribution in [0.5, 0.6) is 0 Å². The number of anilines is 1. The molecule has 118 valence electrons. The molecule has 0 saturated carbocycles. The van der Waals surface area contributed by atoms with Gasteiger partial charge in [-0.2, -0.15) is 5.26 Å². The van der Waals surface area contributed by atoms with Crippen LogP contribution in [-0.2, 0) is 21.2 Å². The number of carbonyl (C=O) groups is 1. The molecule has 0 unspecified atom stereocenters. The van der Waals surface area contributed by atoms with Crippen LogP contribution in [0.3, 0.4) is 0 Å². The van der Waals surface area contributed by atoms with E-state index in [1.165, 1.54) is 30.3 Å². The van der Waals surface area contributed by atoms with Gasteiger partial charge in [-0.1, -0.05) is 12.1 Å². The molecule has 0 aliphatic heterocycles. The highest BCUT2D eigenvalue weighted by atomic mass is 32.2. The van der Waals surface area contributed by atoms with E-state index in [1.54, 1.807) is 6.07 Å². The van der Waals surface area contributed by atoms with Gasteiger partial charge < -0.3 is 5.11 Å². The van der Waals surface area contributed by atoms with Gasteiger partial charge in [0.15, 0.2) is 0 Å². The first-order valence-electron chi connectivity index (χ1n) is 6.35. The van der Waals surface area contributed by atoms with Crippen LogP contribution < -0.4 is 4.72 Å². The van der Waals surface area contributed by atoms with Crippen molar-refractivity contribution < 1.29 is 22.7 Å². The first kappa shape index (κ1) is 16.5. The van der Waals surface area contributed by atoms with E-state index in [0.29, 0.717) is 5.56 Å². The Bertz CT molecular complexity index is 887. The van der Waals surface area contributed by atoms with Crippen LogP contribution >= 0.6 is 0 Å². The molecule has 2 rings (SSSR count). The molecule has 2 N–H and O–H groups in total. The highest BCUT2D eigenvalue weighted by Gasteiger charge is 2.15. The molecule has 0 atom stereocenters. The molecule has 0 amide bonds. The van der Waals surface area contributed by atoms with E-state index in [0.717, 1.165) is 12.1 Å². The number of carboxylic acids is 1. The standard InChI is InChI=1S/C15H11FN2O4S/c16-14-6-3-12(8-11(14)9-17)18-23(21,22)13-4-1-10(2-5-13)7-15(19)20/h1-6,8,18H,7H2,(H,19,20). The summed E-state index contributed by atoms with van der Waals surface area (Å²) in [5.74, 6) is -1.76. The molecule has 0 spiro atoms. The van der Waals surface area contributed by atoms with Crippen molar-refractivity contribution >= 4 is 21.7 Å². The zero-order chi connectivity index (χ0) is 17.0. The second-order valence-corrected chi connectivity index (χ2v) is 6.31. The topological polar surface area (TPSA) is 107 Å². The smallest absolute Gasteiger partial charge is 0.307 e. The predicted octanol–water partition coefficient (Wildman–Crippen LogP) is 2.13. The van der Waals surface area contributed by atoms with Crippen molar-refractivity contribution in [2.75, 3.05) is 4.72 Å². The third kappa shape index (κ3) is 4.05. The Kier molecular flexibility index (Phi) is 4.62. The average Bonchev–Trinajstić information content (AvgIpc) is 2.49. The second-order valence-electron chi connectivity index (χ2n) is 4.63. The Labute approximate surface area is 131 Å². The summed E-state index contributed by atoms with van der Waals surface area (Å²) in [5, 5.41) is 17.4. The minimum absolute atomic E-state index is 0.0533. The van der Waals surface area contributed by atoms with E-state index in [9.17, 15) is 17.6 Å². The lowest BCUT2D eigenvalue weighted by Gasteiger charge is -2.09. The summed E-state index contributed by atoms with van der Waals surface area (Å²) in [7, 11) is -3.93. The van der Waals surface area contributed by atoms with E-state index < -0.39 is 21.8 Å². The van der Waals surface area contributed by atoms with Crippen LogP contribution in [0.25, 0.3) is 0 Å². The van der Waals surface area contributed by atoms with Crippen molar-refractivity contribution in [1.82, 2.24) is 0 Å². The molecule has 2 aromatic carbocycles. The molecule has 0 radical (unpaired) electrons. The zero-order valence-electron chi connectivity index (χ0n) is 11.7. The van der Waals surface area contributed by atoms with E-state index in [4.69, 9.17) is 10.4 Å². The van der Waals surface area contributed by atoms with Crippen LogP contribution in [0.2, 0.25) is 0 Å². The molecule has 6 nitrogen and oxygen atoms in total. The molecule has 2 aromatic rings. The maximum atomic E-state index is 13.2. The number of rotatable bonds is 5. The number of nitrogens with zero attached hydrogens (tertiary/aromatic N) is 1. The van der Waals surface area contributed by atoms with Crippen molar-refractivity contribution in [1.29, 1.82) is 5.26 Å². The number of nitriles is 1. The number of carboxylic acid groups (broad SMARTS) is 1. The molecular weight excluding hydrogens is 323 g/mol. The second kappa shape index (κ2) is 6.46. The highest BCUT2D eigenvalue weighted by molar-refractivity contribution is 7.92. The van der Waals surface area contributed by atoms with Gasteiger partial charge in [0.05, 0.1) is 22.6 Å². The lowest BCUT2D eigenvalue weighted by molar-refractivity contribution is -0.136. The lowest BCUT2D eigenvalue weighted by atomic mass is 10.2. The molecule has 0 fully saturated rings. The van der Waals surface area contributed by atoms with Crippen LogP contribution in [0.15, 0.2) is 47.4 Å². The molecule has 0 saturated heterocycles. The highest BCUT2D eigenvalue weighted by Crippen LogP contribution is 2.19. The molecule has 0 bridgehead atoms. The summed E-state index contributed by atoms with van der Waals surface area (Å²) in [5.41, 5.74) is 0.240. The van der Waals surface area contributed by atoms with Crippen molar-refractivity contribution in [3.8, 4) is 6.07 Å². The van der Waals surface area contributed by atoms with Crippen molar-refractivity contribution in [2.24, 2.45) is 0 Å².